The van der Waals surface area contributed by atoms with E-state index in [0.29, 0.717) is 5.56 Å². The van der Waals surface area contributed by atoms with Crippen molar-refractivity contribution in [1.29, 1.82) is 0 Å². The summed E-state index contributed by atoms with van der Waals surface area (Å²) >= 11 is 5.45. The van der Waals surface area contributed by atoms with E-state index < -0.39 is 17.5 Å². The first-order valence-electron chi connectivity index (χ1n) is 3.73. The lowest BCUT2D eigenvalue weighted by molar-refractivity contribution is -0.138. The van der Waals surface area contributed by atoms with Gasteiger partial charge < -0.3 is 10.2 Å². The molecule has 2 unspecified atom stereocenters. The molecule has 2 N–H and O–H groups in total. The number of carboxylic acid groups (broad SMARTS) is 1. The number of rotatable bonds is 3. The molecule has 0 amide bonds. The number of aliphatic hydroxyl groups excluding tert-OH is 1. The SMILES string of the molecule is O=C(O)C(Cl)C(O)c1ccccc1. The Morgan fingerprint density at radius 2 is 1.85 bits per heavy atom. The molecule has 3 nitrogen and oxygen atoms in total. The summed E-state index contributed by atoms with van der Waals surface area (Å²) < 4.78 is 0. The van der Waals surface area contributed by atoms with Gasteiger partial charge in [0.25, 0.3) is 0 Å². The second kappa shape index (κ2) is 4.25. The largest absolute Gasteiger partial charge is 0.480 e. The van der Waals surface area contributed by atoms with E-state index >= 15 is 0 Å². The fourth-order valence-electron chi connectivity index (χ4n) is 0.954. The third-order valence-corrected chi connectivity index (χ3v) is 2.08. The van der Waals surface area contributed by atoms with Gasteiger partial charge in [-0.25, -0.2) is 0 Å². The van der Waals surface area contributed by atoms with Gasteiger partial charge in [0.1, 0.15) is 6.10 Å². The summed E-state index contributed by atoms with van der Waals surface area (Å²) in [5.74, 6) is -1.22. The van der Waals surface area contributed by atoms with E-state index in [9.17, 15) is 9.90 Å². The highest BCUT2D eigenvalue weighted by Gasteiger charge is 2.24. The lowest BCUT2D eigenvalue weighted by Crippen LogP contribution is -2.21. The van der Waals surface area contributed by atoms with Crippen molar-refractivity contribution >= 4 is 17.6 Å². The van der Waals surface area contributed by atoms with Crippen LogP contribution >= 0.6 is 11.6 Å². The average molecular weight is 201 g/mol. The van der Waals surface area contributed by atoms with Crippen molar-refractivity contribution in [1.82, 2.24) is 0 Å². The van der Waals surface area contributed by atoms with E-state index in [-0.39, 0.29) is 0 Å². The maximum atomic E-state index is 10.4. The number of carbonyl (C=O) groups is 1. The first-order valence-corrected chi connectivity index (χ1v) is 4.16. The van der Waals surface area contributed by atoms with Gasteiger partial charge in [-0.05, 0) is 5.56 Å². The molecule has 1 aromatic rings. The molecule has 1 aromatic carbocycles. The normalized spacial score (nSPS) is 14.9. The van der Waals surface area contributed by atoms with Crippen molar-refractivity contribution < 1.29 is 15.0 Å². The minimum atomic E-state index is -1.30. The summed E-state index contributed by atoms with van der Waals surface area (Å²) in [4.78, 5) is 10.4. The van der Waals surface area contributed by atoms with E-state index in [1.807, 2.05) is 0 Å². The smallest absolute Gasteiger partial charge is 0.324 e. The third kappa shape index (κ3) is 2.44. The molecule has 0 saturated carbocycles. The lowest BCUT2D eigenvalue weighted by atomic mass is 10.1. The van der Waals surface area contributed by atoms with Crippen LogP contribution in [0.25, 0.3) is 0 Å². The number of hydrogen-bond acceptors (Lipinski definition) is 2. The number of alkyl halides is 1. The standard InChI is InChI=1S/C9H9ClO3/c10-7(9(12)13)8(11)6-4-2-1-3-5-6/h1-5,7-8,11H,(H,12,13). The monoisotopic (exact) mass is 200 g/mol. The number of halogens is 1. The van der Waals surface area contributed by atoms with Crippen molar-refractivity contribution in [3.05, 3.63) is 35.9 Å². The molecule has 0 aromatic heterocycles. The van der Waals surface area contributed by atoms with Gasteiger partial charge in [-0.2, -0.15) is 0 Å². The predicted octanol–water partition coefficient (Wildman–Crippen LogP) is 1.41. The highest BCUT2D eigenvalue weighted by atomic mass is 35.5. The average Bonchev–Trinajstić information content (AvgIpc) is 2.17. The Bertz CT molecular complexity index is 286. The maximum Gasteiger partial charge on any atom is 0.324 e. The molecular formula is C9H9ClO3. The van der Waals surface area contributed by atoms with Crippen molar-refractivity contribution in [2.45, 2.75) is 11.5 Å². The van der Waals surface area contributed by atoms with Gasteiger partial charge in [0.2, 0.25) is 0 Å². The molecule has 0 bridgehead atoms. The Morgan fingerprint density at radius 3 is 2.31 bits per heavy atom. The van der Waals surface area contributed by atoms with Crippen molar-refractivity contribution in [2.75, 3.05) is 0 Å². The third-order valence-electron chi connectivity index (χ3n) is 1.65. The van der Waals surface area contributed by atoms with Crippen LogP contribution in [-0.4, -0.2) is 21.6 Å². The fraction of sp³-hybridized carbons (Fsp3) is 0.222. The van der Waals surface area contributed by atoms with E-state index in [1.165, 1.54) is 0 Å². The molecule has 1 rings (SSSR count). The summed E-state index contributed by atoms with van der Waals surface area (Å²) in [6.45, 7) is 0. The van der Waals surface area contributed by atoms with Crippen molar-refractivity contribution in [3.8, 4) is 0 Å². The van der Waals surface area contributed by atoms with Crippen LogP contribution in [0.5, 0.6) is 0 Å². The van der Waals surface area contributed by atoms with Gasteiger partial charge in [-0.15, -0.1) is 11.6 Å². The second-order valence-electron chi connectivity index (χ2n) is 2.60. The Labute approximate surface area is 80.6 Å². The van der Waals surface area contributed by atoms with Crippen LogP contribution in [0.2, 0.25) is 0 Å². The molecule has 0 aliphatic carbocycles. The molecule has 0 fully saturated rings. The summed E-state index contributed by atoms with van der Waals surface area (Å²) in [7, 11) is 0. The van der Waals surface area contributed by atoms with Gasteiger partial charge in [-0.3, -0.25) is 4.79 Å². The number of carboxylic acids is 1. The minimum Gasteiger partial charge on any atom is -0.480 e. The first kappa shape index (κ1) is 10.0. The van der Waals surface area contributed by atoms with Crippen LogP contribution in [0, 0.1) is 0 Å². The highest BCUT2D eigenvalue weighted by molar-refractivity contribution is 6.30. The second-order valence-corrected chi connectivity index (χ2v) is 3.07. The Balaban J connectivity index is 2.79. The molecule has 0 spiro atoms. The number of aliphatic carboxylic acids is 1. The van der Waals surface area contributed by atoms with E-state index in [0.717, 1.165) is 0 Å². The van der Waals surface area contributed by atoms with Gasteiger partial charge in [0.05, 0.1) is 0 Å². The summed E-state index contributed by atoms with van der Waals surface area (Å²) in [6.07, 6.45) is -1.17. The van der Waals surface area contributed by atoms with E-state index in [4.69, 9.17) is 16.7 Å². The summed E-state index contributed by atoms with van der Waals surface area (Å²) in [6, 6.07) is 8.46. The molecule has 0 heterocycles. The van der Waals surface area contributed by atoms with Crippen LogP contribution in [0.1, 0.15) is 11.7 Å². The molecular weight excluding hydrogens is 192 g/mol. The molecule has 0 saturated heterocycles. The Hall–Kier alpha value is -1.06. The molecule has 0 aliphatic heterocycles. The van der Waals surface area contributed by atoms with Gasteiger partial charge in [0.15, 0.2) is 5.38 Å². The molecule has 70 valence electrons. The molecule has 2 atom stereocenters. The zero-order valence-electron chi connectivity index (χ0n) is 6.72. The minimum absolute atomic E-state index is 0.505. The fourth-order valence-corrected chi connectivity index (χ4v) is 1.10. The zero-order chi connectivity index (χ0) is 9.84. The van der Waals surface area contributed by atoms with E-state index in [1.54, 1.807) is 30.3 Å². The van der Waals surface area contributed by atoms with Gasteiger partial charge in [0, 0.05) is 0 Å². The van der Waals surface area contributed by atoms with E-state index in [2.05, 4.69) is 0 Å². The molecule has 13 heavy (non-hydrogen) atoms. The van der Waals surface area contributed by atoms with Crippen LogP contribution < -0.4 is 0 Å². The van der Waals surface area contributed by atoms with Crippen LogP contribution in [0.3, 0.4) is 0 Å². The molecule has 0 radical (unpaired) electrons. The molecule has 0 aliphatic rings. The number of hydrogen-bond donors (Lipinski definition) is 2. The summed E-state index contributed by atoms with van der Waals surface area (Å²) in [5, 5.41) is 16.7. The first-order chi connectivity index (χ1) is 6.13. The lowest BCUT2D eigenvalue weighted by Gasteiger charge is -2.12. The van der Waals surface area contributed by atoms with Gasteiger partial charge >= 0.3 is 5.97 Å². The summed E-state index contributed by atoms with van der Waals surface area (Å²) in [5.41, 5.74) is 0.505. The van der Waals surface area contributed by atoms with Crippen molar-refractivity contribution in [2.24, 2.45) is 0 Å². The van der Waals surface area contributed by atoms with Crippen molar-refractivity contribution in [3.63, 3.8) is 0 Å². The highest BCUT2D eigenvalue weighted by Crippen LogP contribution is 2.20. The Kier molecular flexibility index (Phi) is 3.28. The maximum absolute atomic E-state index is 10.4. The molecule has 4 heteroatoms. The topological polar surface area (TPSA) is 57.5 Å². The zero-order valence-corrected chi connectivity index (χ0v) is 7.48. The van der Waals surface area contributed by atoms with Crippen LogP contribution in [0.15, 0.2) is 30.3 Å². The van der Waals surface area contributed by atoms with Gasteiger partial charge in [-0.1, -0.05) is 30.3 Å². The van der Waals surface area contributed by atoms with Crippen LogP contribution in [0.4, 0.5) is 0 Å². The predicted molar refractivity (Wildman–Crippen MR) is 48.7 cm³/mol. The quantitative estimate of drug-likeness (QED) is 0.726. The van der Waals surface area contributed by atoms with Crippen LogP contribution in [-0.2, 0) is 4.79 Å². The Morgan fingerprint density at radius 1 is 1.31 bits per heavy atom. The number of aliphatic hydroxyl groups is 1. The number of benzene rings is 1.